The van der Waals surface area contributed by atoms with Crippen molar-refractivity contribution in [2.24, 2.45) is 0 Å². The summed E-state index contributed by atoms with van der Waals surface area (Å²) in [5, 5.41) is 4.72. The Hall–Kier alpha value is -0.450. The summed E-state index contributed by atoms with van der Waals surface area (Å²) in [5.74, 6) is 0. The van der Waals surface area contributed by atoms with Crippen LogP contribution in [0.5, 0.6) is 0 Å². The van der Waals surface area contributed by atoms with Gasteiger partial charge in [0.2, 0.25) is 0 Å². The van der Waals surface area contributed by atoms with Crippen molar-refractivity contribution < 1.29 is 0 Å². The van der Waals surface area contributed by atoms with Crippen LogP contribution < -0.4 is 5.32 Å². The van der Waals surface area contributed by atoms with Crippen molar-refractivity contribution >= 4 is 11.3 Å². The molecule has 0 aliphatic carbocycles. The Labute approximate surface area is 102 Å². The molecule has 3 nitrogen and oxygen atoms in total. The molecule has 1 aliphatic rings. The molecule has 4 heteroatoms. The van der Waals surface area contributed by atoms with Crippen LogP contribution in [0.15, 0.2) is 6.20 Å². The highest BCUT2D eigenvalue weighted by Gasteiger charge is 2.23. The Balaban J connectivity index is 2.09. The van der Waals surface area contributed by atoms with Crippen LogP contribution in [-0.2, 0) is 0 Å². The number of hydrogen-bond acceptors (Lipinski definition) is 4. The molecule has 0 aromatic carbocycles. The lowest BCUT2D eigenvalue weighted by Crippen LogP contribution is -2.45. The second-order valence-electron chi connectivity index (χ2n) is 4.40. The number of aryl methyl sites for hydroxylation is 1. The average molecular weight is 239 g/mol. The van der Waals surface area contributed by atoms with E-state index in [1.807, 2.05) is 17.5 Å². The summed E-state index contributed by atoms with van der Waals surface area (Å²) in [6.45, 7) is 8.94. The first-order valence-electron chi connectivity index (χ1n) is 6.18. The fourth-order valence-corrected chi connectivity index (χ4v) is 3.20. The van der Waals surface area contributed by atoms with Crippen LogP contribution in [0.2, 0.25) is 0 Å². The Morgan fingerprint density at radius 2 is 2.25 bits per heavy atom. The molecule has 1 saturated heterocycles. The SMILES string of the molecule is CCCC(c1ncc(C)s1)N1CCNCC1. The van der Waals surface area contributed by atoms with E-state index in [2.05, 4.69) is 29.0 Å². The monoisotopic (exact) mass is 239 g/mol. The quantitative estimate of drug-likeness (QED) is 0.873. The van der Waals surface area contributed by atoms with Crippen LogP contribution in [0, 0.1) is 6.92 Å². The maximum Gasteiger partial charge on any atom is 0.110 e. The number of hydrogen-bond donors (Lipinski definition) is 1. The van der Waals surface area contributed by atoms with Gasteiger partial charge in [0.05, 0.1) is 6.04 Å². The topological polar surface area (TPSA) is 28.2 Å². The standard InChI is InChI=1S/C12H21N3S/c1-3-4-11(12-14-9-10(2)16-12)15-7-5-13-6-8-15/h9,11,13H,3-8H2,1-2H3. The van der Waals surface area contributed by atoms with Crippen LogP contribution >= 0.6 is 11.3 Å². The van der Waals surface area contributed by atoms with Gasteiger partial charge in [0.1, 0.15) is 5.01 Å². The van der Waals surface area contributed by atoms with Crippen LogP contribution in [0.4, 0.5) is 0 Å². The van der Waals surface area contributed by atoms with Crippen LogP contribution in [0.1, 0.15) is 35.7 Å². The van der Waals surface area contributed by atoms with Gasteiger partial charge in [0.25, 0.3) is 0 Å². The number of nitrogens with one attached hydrogen (secondary N) is 1. The van der Waals surface area contributed by atoms with Crippen molar-refractivity contribution in [2.75, 3.05) is 26.2 Å². The molecular formula is C12H21N3S. The van der Waals surface area contributed by atoms with Crippen LogP contribution in [0.25, 0.3) is 0 Å². The fourth-order valence-electron chi connectivity index (χ4n) is 2.26. The van der Waals surface area contributed by atoms with Gasteiger partial charge in [-0.1, -0.05) is 13.3 Å². The van der Waals surface area contributed by atoms with Crippen molar-refractivity contribution in [3.8, 4) is 0 Å². The number of rotatable bonds is 4. The maximum absolute atomic E-state index is 4.57. The summed E-state index contributed by atoms with van der Waals surface area (Å²) in [6.07, 6.45) is 4.46. The minimum Gasteiger partial charge on any atom is -0.314 e. The van der Waals surface area contributed by atoms with E-state index in [-0.39, 0.29) is 0 Å². The second-order valence-corrected chi connectivity index (χ2v) is 5.67. The second kappa shape index (κ2) is 5.75. The normalized spacial score (nSPS) is 19.9. The van der Waals surface area contributed by atoms with Gasteiger partial charge in [-0.25, -0.2) is 4.98 Å². The van der Waals surface area contributed by atoms with Gasteiger partial charge in [0.15, 0.2) is 0 Å². The van der Waals surface area contributed by atoms with E-state index in [0.717, 1.165) is 26.2 Å². The van der Waals surface area contributed by atoms with Gasteiger partial charge in [-0.15, -0.1) is 11.3 Å². The van der Waals surface area contributed by atoms with E-state index < -0.39 is 0 Å². The molecule has 1 unspecified atom stereocenters. The Morgan fingerprint density at radius 3 is 2.81 bits per heavy atom. The molecule has 0 spiro atoms. The molecule has 16 heavy (non-hydrogen) atoms. The highest BCUT2D eigenvalue weighted by molar-refractivity contribution is 7.11. The molecule has 1 aromatic heterocycles. The van der Waals surface area contributed by atoms with Gasteiger partial charge in [-0.05, 0) is 13.3 Å². The molecule has 2 rings (SSSR count). The number of piperazine rings is 1. The largest absolute Gasteiger partial charge is 0.314 e. The predicted molar refractivity (Wildman–Crippen MR) is 68.9 cm³/mol. The third-order valence-electron chi connectivity index (χ3n) is 3.08. The average Bonchev–Trinajstić information content (AvgIpc) is 2.74. The highest BCUT2D eigenvalue weighted by Crippen LogP contribution is 2.29. The maximum atomic E-state index is 4.57. The van der Waals surface area contributed by atoms with Crippen LogP contribution in [0.3, 0.4) is 0 Å². The Kier molecular flexibility index (Phi) is 4.32. The summed E-state index contributed by atoms with van der Waals surface area (Å²) in [4.78, 5) is 8.47. The molecule has 0 amide bonds. The summed E-state index contributed by atoms with van der Waals surface area (Å²) < 4.78 is 0. The van der Waals surface area contributed by atoms with Gasteiger partial charge in [-0.2, -0.15) is 0 Å². The summed E-state index contributed by atoms with van der Waals surface area (Å²) >= 11 is 1.86. The van der Waals surface area contributed by atoms with Crippen molar-refractivity contribution in [1.29, 1.82) is 0 Å². The van der Waals surface area contributed by atoms with Gasteiger partial charge in [0, 0.05) is 37.3 Å². The minimum atomic E-state index is 0.547. The van der Waals surface area contributed by atoms with Crippen LogP contribution in [-0.4, -0.2) is 36.1 Å². The molecule has 90 valence electrons. The lowest BCUT2D eigenvalue weighted by molar-refractivity contribution is 0.164. The molecule has 1 aliphatic heterocycles. The zero-order chi connectivity index (χ0) is 11.4. The first kappa shape index (κ1) is 12.0. The molecule has 2 heterocycles. The van der Waals surface area contributed by atoms with E-state index in [1.165, 1.54) is 22.7 Å². The van der Waals surface area contributed by atoms with E-state index in [1.54, 1.807) is 0 Å². The van der Waals surface area contributed by atoms with Crippen molar-refractivity contribution in [3.63, 3.8) is 0 Å². The molecule has 1 aromatic rings. The Morgan fingerprint density at radius 1 is 1.50 bits per heavy atom. The molecule has 1 fully saturated rings. The predicted octanol–water partition coefficient (Wildman–Crippen LogP) is 2.20. The zero-order valence-corrected chi connectivity index (χ0v) is 11.0. The fraction of sp³-hybridized carbons (Fsp3) is 0.750. The molecular weight excluding hydrogens is 218 g/mol. The van der Waals surface area contributed by atoms with Crippen molar-refractivity contribution in [1.82, 2.24) is 15.2 Å². The third-order valence-corrected chi connectivity index (χ3v) is 4.09. The summed E-state index contributed by atoms with van der Waals surface area (Å²) in [5.41, 5.74) is 0. The molecule has 1 atom stereocenters. The lowest BCUT2D eigenvalue weighted by atomic mass is 10.1. The first-order valence-corrected chi connectivity index (χ1v) is 7.00. The van der Waals surface area contributed by atoms with Gasteiger partial charge >= 0.3 is 0 Å². The van der Waals surface area contributed by atoms with Gasteiger partial charge < -0.3 is 5.32 Å². The highest BCUT2D eigenvalue weighted by atomic mass is 32.1. The van der Waals surface area contributed by atoms with E-state index >= 15 is 0 Å². The number of nitrogens with zero attached hydrogens (tertiary/aromatic N) is 2. The lowest BCUT2D eigenvalue weighted by Gasteiger charge is -2.33. The minimum absolute atomic E-state index is 0.547. The molecule has 0 radical (unpaired) electrons. The molecule has 0 bridgehead atoms. The van der Waals surface area contributed by atoms with E-state index in [9.17, 15) is 0 Å². The van der Waals surface area contributed by atoms with E-state index in [4.69, 9.17) is 0 Å². The molecule has 1 N–H and O–H groups in total. The Bertz CT molecular complexity index is 318. The molecule has 0 saturated carbocycles. The third kappa shape index (κ3) is 2.81. The smallest absolute Gasteiger partial charge is 0.110 e. The van der Waals surface area contributed by atoms with Crippen molar-refractivity contribution in [2.45, 2.75) is 32.7 Å². The van der Waals surface area contributed by atoms with E-state index in [0.29, 0.717) is 6.04 Å². The number of aromatic nitrogens is 1. The van der Waals surface area contributed by atoms with Gasteiger partial charge in [-0.3, -0.25) is 4.90 Å². The first-order chi connectivity index (χ1) is 7.81. The zero-order valence-electron chi connectivity index (χ0n) is 10.2. The summed E-state index contributed by atoms with van der Waals surface area (Å²) in [6, 6.07) is 0.547. The van der Waals surface area contributed by atoms with Crippen molar-refractivity contribution in [3.05, 3.63) is 16.1 Å². The summed E-state index contributed by atoms with van der Waals surface area (Å²) in [7, 11) is 0. The number of thiazole rings is 1.